The van der Waals surface area contributed by atoms with Gasteiger partial charge in [0.2, 0.25) is 5.96 Å². The summed E-state index contributed by atoms with van der Waals surface area (Å²) < 4.78 is 0. The van der Waals surface area contributed by atoms with Crippen LogP contribution in [0.5, 0.6) is 5.75 Å². The first kappa shape index (κ1) is 17.5. The molecule has 2 atom stereocenters. The number of fused-ring (bicyclic) bond motifs is 1. The van der Waals surface area contributed by atoms with Crippen molar-refractivity contribution in [2.45, 2.75) is 12.2 Å². The number of carbonyl (C=O) groups is 2. The summed E-state index contributed by atoms with van der Waals surface area (Å²) >= 11 is 0. The van der Waals surface area contributed by atoms with Gasteiger partial charge in [-0.3, -0.25) is 9.69 Å². The number of aliphatic imine (C=N–C) groups is 1. The number of guanidine groups is 1. The van der Waals surface area contributed by atoms with E-state index in [1.54, 1.807) is 49.5 Å². The molecule has 3 amide bonds. The van der Waals surface area contributed by atoms with Gasteiger partial charge in [-0.1, -0.05) is 6.08 Å². The fourth-order valence-corrected chi connectivity index (χ4v) is 2.90. The molecule has 1 fully saturated rings. The topological polar surface area (TPSA) is 101 Å². The van der Waals surface area contributed by atoms with Crippen molar-refractivity contribution in [3.63, 3.8) is 0 Å². The number of aromatic hydroxyl groups is 1. The Morgan fingerprint density at radius 3 is 2.62 bits per heavy atom. The molecule has 26 heavy (non-hydrogen) atoms. The Labute approximate surface area is 150 Å². The van der Waals surface area contributed by atoms with Crippen molar-refractivity contribution in [2.75, 3.05) is 20.6 Å². The second kappa shape index (κ2) is 6.87. The van der Waals surface area contributed by atoms with Crippen molar-refractivity contribution in [2.24, 2.45) is 10.1 Å². The van der Waals surface area contributed by atoms with Crippen molar-refractivity contribution in [3.8, 4) is 5.75 Å². The second-order valence-electron chi connectivity index (χ2n) is 6.01. The number of carbonyl (C=O) groups excluding carboxylic acids is 2. The van der Waals surface area contributed by atoms with E-state index in [0.717, 1.165) is 10.5 Å². The third kappa shape index (κ3) is 2.99. The van der Waals surface area contributed by atoms with E-state index < -0.39 is 18.2 Å². The molecule has 2 aliphatic heterocycles. The van der Waals surface area contributed by atoms with Gasteiger partial charge in [0.1, 0.15) is 5.75 Å². The number of likely N-dealkylation sites (N-methyl/N-ethyl adjacent to an activating group) is 2. The minimum atomic E-state index is -0.607. The Balaban J connectivity index is 1.75. The first-order valence-electron chi connectivity index (χ1n) is 8.02. The lowest BCUT2D eigenvalue weighted by Crippen LogP contribution is -2.64. The highest BCUT2D eigenvalue weighted by Gasteiger charge is 2.50. The van der Waals surface area contributed by atoms with Crippen molar-refractivity contribution < 1.29 is 14.7 Å². The summed E-state index contributed by atoms with van der Waals surface area (Å²) in [6.45, 7) is 3.74. The zero-order valence-corrected chi connectivity index (χ0v) is 14.5. The van der Waals surface area contributed by atoms with Crippen molar-refractivity contribution >= 4 is 24.1 Å². The largest absolute Gasteiger partial charge is 0.508 e. The van der Waals surface area contributed by atoms with E-state index in [4.69, 9.17) is 0 Å². The molecule has 0 spiro atoms. The zero-order chi connectivity index (χ0) is 18.8. The third-order valence-corrected chi connectivity index (χ3v) is 4.32. The van der Waals surface area contributed by atoms with Crippen LogP contribution in [0, 0.1) is 0 Å². The summed E-state index contributed by atoms with van der Waals surface area (Å²) in [6, 6.07) is 5.53. The van der Waals surface area contributed by atoms with Gasteiger partial charge in [0.15, 0.2) is 12.2 Å². The Bertz CT molecular complexity index is 788. The number of hydrogen-bond acceptors (Lipinski definition) is 7. The molecule has 1 saturated heterocycles. The standard InChI is InChI=1S/C17H20N6O3/c1-4-9-23-15(25)13-14(22(3)17(23)26)19-16(21(13)2)20-18-10-11-5-7-12(24)8-6-11/h4-8,10,13-14,24H,1,9H2,2-3H3,(H,19,20)/b18-10+. The van der Waals surface area contributed by atoms with E-state index in [2.05, 4.69) is 22.1 Å². The molecule has 9 heteroatoms. The molecule has 2 heterocycles. The molecular formula is C17H20N6O3. The number of imide groups is 1. The summed E-state index contributed by atoms with van der Waals surface area (Å²) in [5, 5.41) is 13.4. The van der Waals surface area contributed by atoms with E-state index in [1.807, 2.05) is 0 Å². The minimum Gasteiger partial charge on any atom is -0.508 e. The fourth-order valence-electron chi connectivity index (χ4n) is 2.90. The van der Waals surface area contributed by atoms with E-state index in [9.17, 15) is 14.7 Å². The SMILES string of the molecule is C=CCN1C(=O)C2C(N=C(N/N=C/c3ccc(O)cc3)N2C)N(C)C1=O. The molecule has 2 aliphatic rings. The number of phenolic OH excluding ortho intramolecular Hbond substituents is 1. The van der Waals surface area contributed by atoms with Gasteiger partial charge in [0.05, 0.1) is 6.21 Å². The number of hydrazone groups is 1. The van der Waals surface area contributed by atoms with Crippen LogP contribution < -0.4 is 5.43 Å². The Morgan fingerprint density at radius 1 is 1.27 bits per heavy atom. The molecule has 3 rings (SSSR count). The quantitative estimate of drug-likeness (QED) is 0.462. The Morgan fingerprint density at radius 2 is 1.96 bits per heavy atom. The number of urea groups is 1. The number of nitrogens with zero attached hydrogens (tertiary/aromatic N) is 5. The van der Waals surface area contributed by atoms with Crippen LogP contribution >= 0.6 is 0 Å². The van der Waals surface area contributed by atoms with Crippen molar-refractivity contribution in [1.29, 1.82) is 0 Å². The lowest BCUT2D eigenvalue weighted by atomic mass is 10.1. The number of hydrogen-bond donors (Lipinski definition) is 2. The first-order valence-corrected chi connectivity index (χ1v) is 8.02. The lowest BCUT2D eigenvalue weighted by Gasteiger charge is -2.39. The van der Waals surface area contributed by atoms with Crippen LogP contribution in [0.15, 0.2) is 47.0 Å². The number of amides is 3. The fraction of sp³-hybridized carbons (Fsp3) is 0.294. The van der Waals surface area contributed by atoms with Gasteiger partial charge < -0.3 is 14.9 Å². The second-order valence-corrected chi connectivity index (χ2v) is 6.01. The highest BCUT2D eigenvalue weighted by molar-refractivity contribution is 6.03. The maximum atomic E-state index is 12.7. The summed E-state index contributed by atoms with van der Waals surface area (Å²) in [5.74, 6) is 0.251. The molecule has 2 N–H and O–H groups in total. The summed E-state index contributed by atoms with van der Waals surface area (Å²) in [7, 11) is 3.34. The van der Waals surface area contributed by atoms with E-state index in [-0.39, 0.29) is 18.2 Å². The molecule has 0 saturated carbocycles. The molecule has 1 aromatic rings. The predicted molar refractivity (Wildman–Crippen MR) is 96.7 cm³/mol. The molecule has 0 radical (unpaired) electrons. The molecule has 0 aromatic heterocycles. The summed E-state index contributed by atoms with van der Waals surface area (Å²) in [4.78, 5) is 33.7. The zero-order valence-electron chi connectivity index (χ0n) is 14.5. The summed E-state index contributed by atoms with van der Waals surface area (Å²) in [6.07, 6.45) is 2.48. The molecule has 1 aromatic carbocycles. The van der Waals surface area contributed by atoms with Crippen LogP contribution in [0.1, 0.15) is 5.56 Å². The number of benzene rings is 1. The van der Waals surface area contributed by atoms with Gasteiger partial charge in [-0.05, 0) is 29.8 Å². The van der Waals surface area contributed by atoms with Gasteiger partial charge in [-0.25, -0.2) is 15.2 Å². The number of rotatable bonds is 4. The van der Waals surface area contributed by atoms with Gasteiger partial charge in [0.25, 0.3) is 5.91 Å². The van der Waals surface area contributed by atoms with Gasteiger partial charge in [0, 0.05) is 20.6 Å². The lowest BCUT2D eigenvalue weighted by molar-refractivity contribution is -0.136. The maximum absolute atomic E-state index is 12.7. The molecule has 0 aliphatic carbocycles. The van der Waals surface area contributed by atoms with Crippen molar-refractivity contribution in [1.82, 2.24) is 20.1 Å². The highest BCUT2D eigenvalue weighted by atomic mass is 16.3. The van der Waals surface area contributed by atoms with Crippen LogP contribution in [-0.4, -0.2) is 76.8 Å². The molecule has 2 unspecified atom stereocenters. The maximum Gasteiger partial charge on any atom is 0.328 e. The third-order valence-electron chi connectivity index (χ3n) is 4.32. The van der Waals surface area contributed by atoms with Crippen LogP contribution in [-0.2, 0) is 4.79 Å². The minimum absolute atomic E-state index is 0.154. The average molecular weight is 356 g/mol. The molecule has 9 nitrogen and oxygen atoms in total. The summed E-state index contributed by atoms with van der Waals surface area (Å²) in [5.41, 5.74) is 3.59. The van der Waals surface area contributed by atoms with E-state index in [0.29, 0.717) is 5.96 Å². The molecule has 136 valence electrons. The van der Waals surface area contributed by atoms with Crippen LogP contribution in [0.2, 0.25) is 0 Å². The van der Waals surface area contributed by atoms with Gasteiger partial charge >= 0.3 is 6.03 Å². The highest BCUT2D eigenvalue weighted by Crippen LogP contribution is 2.25. The average Bonchev–Trinajstić information content (AvgIpc) is 2.95. The first-order chi connectivity index (χ1) is 12.4. The molecule has 0 bridgehead atoms. The van der Waals surface area contributed by atoms with Crippen LogP contribution in [0.3, 0.4) is 0 Å². The predicted octanol–water partition coefficient (Wildman–Crippen LogP) is 0.392. The van der Waals surface area contributed by atoms with E-state index in [1.165, 1.54) is 11.0 Å². The smallest absolute Gasteiger partial charge is 0.328 e. The van der Waals surface area contributed by atoms with Crippen molar-refractivity contribution in [3.05, 3.63) is 42.5 Å². The number of nitrogens with one attached hydrogen (secondary N) is 1. The Hall–Kier alpha value is -3.36. The van der Waals surface area contributed by atoms with E-state index >= 15 is 0 Å². The van der Waals surface area contributed by atoms with Crippen LogP contribution in [0.4, 0.5) is 4.79 Å². The monoisotopic (exact) mass is 356 g/mol. The Kier molecular flexibility index (Phi) is 4.61. The molecular weight excluding hydrogens is 336 g/mol. The van der Waals surface area contributed by atoms with Crippen LogP contribution in [0.25, 0.3) is 0 Å². The van der Waals surface area contributed by atoms with Gasteiger partial charge in [-0.2, -0.15) is 5.10 Å². The normalized spacial score (nSPS) is 22.7. The van der Waals surface area contributed by atoms with Gasteiger partial charge in [-0.15, -0.1) is 6.58 Å². The number of phenols is 1.